The van der Waals surface area contributed by atoms with Gasteiger partial charge in [0.25, 0.3) is 0 Å². The summed E-state index contributed by atoms with van der Waals surface area (Å²) >= 11 is 0. The molecule has 1 aromatic heterocycles. The third-order valence-electron chi connectivity index (χ3n) is 4.86. The van der Waals surface area contributed by atoms with Crippen molar-refractivity contribution in [3.63, 3.8) is 0 Å². The minimum Gasteiger partial charge on any atom is -0.378 e. The highest BCUT2D eigenvalue weighted by atomic mass is 16.5. The molecule has 0 aliphatic carbocycles. The van der Waals surface area contributed by atoms with Crippen LogP contribution in [0.15, 0.2) is 4.52 Å². The molecule has 2 fully saturated rings. The molecule has 3 rings (SSSR count). The number of aryl methyl sites for hydroxylation is 1. The summed E-state index contributed by atoms with van der Waals surface area (Å²) in [5, 5.41) is 3.87. The third-order valence-corrected chi connectivity index (χ3v) is 4.86. The standard InChI is InChI=1S/C16H27N5O3/c1-13(16-17-14(2)18-24-16)20-7-5-19(6-8-20)4-3-15(22)21-9-11-23-12-10-21/h13H,3-12H2,1-2H3/t13-/m0/s1. The summed E-state index contributed by atoms with van der Waals surface area (Å²) in [5.74, 6) is 1.61. The van der Waals surface area contributed by atoms with Crippen LogP contribution in [0.1, 0.15) is 31.1 Å². The van der Waals surface area contributed by atoms with Gasteiger partial charge in [-0.25, -0.2) is 0 Å². The molecule has 0 N–H and O–H groups in total. The van der Waals surface area contributed by atoms with Gasteiger partial charge >= 0.3 is 0 Å². The van der Waals surface area contributed by atoms with Crippen molar-refractivity contribution in [2.75, 3.05) is 59.0 Å². The summed E-state index contributed by atoms with van der Waals surface area (Å²) in [6.07, 6.45) is 0.596. The SMILES string of the molecule is Cc1noc([C@H](C)N2CCN(CCC(=O)N3CCOCC3)CC2)n1. The van der Waals surface area contributed by atoms with Gasteiger partial charge in [0.2, 0.25) is 11.8 Å². The lowest BCUT2D eigenvalue weighted by Gasteiger charge is -2.37. The van der Waals surface area contributed by atoms with Gasteiger partial charge in [-0.2, -0.15) is 4.98 Å². The zero-order valence-electron chi connectivity index (χ0n) is 14.6. The Morgan fingerprint density at radius 2 is 1.88 bits per heavy atom. The number of carbonyl (C=O) groups is 1. The summed E-state index contributed by atoms with van der Waals surface area (Å²) in [6, 6.07) is 0.142. The maximum atomic E-state index is 12.2. The molecular formula is C16H27N5O3. The van der Waals surface area contributed by atoms with Gasteiger partial charge in [-0.05, 0) is 13.8 Å². The van der Waals surface area contributed by atoms with E-state index in [4.69, 9.17) is 9.26 Å². The molecule has 2 aliphatic rings. The van der Waals surface area contributed by atoms with E-state index >= 15 is 0 Å². The minimum atomic E-state index is 0.142. The van der Waals surface area contributed by atoms with Crippen molar-refractivity contribution >= 4 is 5.91 Å². The second-order valence-electron chi connectivity index (χ2n) is 6.48. The number of amides is 1. The van der Waals surface area contributed by atoms with Crippen molar-refractivity contribution in [2.45, 2.75) is 26.3 Å². The number of aromatic nitrogens is 2. The first-order valence-corrected chi connectivity index (χ1v) is 8.75. The van der Waals surface area contributed by atoms with Crippen LogP contribution in [0.5, 0.6) is 0 Å². The first-order chi connectivity index (χ1) is 11.6. The highest BCUT2D eigenvalue weighted by Gasteiger charge is 2.26. The van der Waals surface area contributed by atoms with Crippen LogP contribution in [0, 0.1) is 6.92 Å². The number of ether oxygens (including phenoxy) is 1. The normalized spacial score (nSPS) is 21.8. The zero-order valence-corrected chi connectivity index (χ0v) is 14.6. The molecule has 2 saturated heterocycles. The summed E-state index contributed by atoms with van der Waals surface area (Å²) in [4.78, 5) is 23.2. The molecule has 8 heteroatoms. The van der Waals surface area contributed by atoms with Crippen molar-refractivity contribution in [1.29, 1.82) is 0 Å². The monoisotopic (exact) mass is 337 g/mol. The van der Waals surface area contributed by atoms with Crippen molar-refractivity contribution in [1.82, 2.24) is 24.8 Å². The van der Waals surface area contributed by atoms with Crippen molar-refractivity contribution in [3.05, 3.63) is 11.7 Å². The molecule has 8 nitrogen and oxygen atoms in total. The van der Waals surface area contributed by atoms with Crippen LogP contribution in [0.2, 0.25) is 0 Å². The van der Waals surface area contributed by atoms with Gasteiger partial charge in [0.05, 0.1) is 19.3 Å². The molecular weight excluding hydrogens is 310 g/mol. The van der Waals surface area contributed by atoms with E-state index < -0.39 is 0 Å². The number of carbonyl (C=O) groups excluding carboxylic acids is 1. The lowest BCUT2D eigenvalue weighted by molar-refractivity contribution is -0.135. The van der Waals surface area contributed by atoms with Crippen LogP contribution >= 0.6 is 0 Å². The number of piperazine rings is 1. The van der Waals surface area contributed by atoms with E-state index in [0.717, 1.165) is 45.8 Å². The van der Waals surface area contributed by atoms with Gasteiger partial charge < -0.3 is 19.1 Å². The highest BCUT2D eigenvalue weighted by Crippen LogP contribution is 2.20. The van der Waals surface area contributed by atoms with Gasteiger partial charge in [-0.3, -0.25) is 9.69 Å². The molecule has 1 amide bonds. The highest BCUT2D eigenvalue weighted by molar-refractivity contribution is 5.76. The van der Waals surface area contributed by atoms with E-state index in [1.807, 2.05) is 11.8 Å². The molecule has 3 heterocycles. The van der Waals surface area contributed by atoms with Crippen molar-refractivity contribution in [3.8, 4) is 0 Å². The Bertz CT molecular complexity index is 536. The predicted octanol–water partition coefficient (Wildman–Crippen LogP) is 0.306. The van der Waals surface area contributed by atoms with Gasteiger partial charge in [0.1, 0.15) is 0 Å². The fourth-order valence-electron chi connectivity index (χ4n) is 3.24. The average Bonchev–Trinajstić information content (AvgIpc) is 3.06. The van der Waals surface area contributed by atoms with Gasteiger partial charge in [0, 0.05) is 52.2 Å². The quantitative estimate of drug-likeness (QED) is 0.765. The summed E-state index contributed by atoms with van der Waals surface area (Å²) in [7, 11) is 0. The topological polar surface area (TPSA) is 74.9 Å². The second-order valence-corrected chi connectivity index (χ2v) is 6.48. The zero-order chi connectivity index (χ0) is 16.9. The molecule has 0 radical (unpaired) electrons. The Morgan fingerprint density at radius 3 is 2.50 bits per heavy atom. The number of hydrogen-bond donors (Lipinski definition) is 0. The number of morpholine rings is 1. The number of hydrogen-bond acceptors (Lipinski definition) is 7. The van der Waals surface area contributed by atoms with Crippen LogP contribution in [0.4, 0.5) is 0 Å². The third kappa shape index (κ3) is 4.31. The predicted molar refractivity (Wildman–Crippen MR) is 87.5 cm³/mol. The van der Waals surface area contributed by atoms with Crippen LogP contribution in [-0.4, -0.2) is 89.8 Å². The fraction of sp³-hybridized carbons (Fsp3) is 0.812. The van der Waals surface area contributed by atoms with E-state index in [9.17, 15) is 4.79 Å². The maximum absolute atomic E-state index is 12.2. The van der Waals surface area contributed by atoms with Crippen molar-refractivity contribution in [2.24, 2.45) is 0 Å². The smallest absolute Gasteiger partial charge is 0.243 e. The fourth-order valence-corrected chi connectivity index (χ4v) is 3.24. The summed E-state index contributed by atoms with van der Waals surface area (Å²) in [6.45, 7) is 11.4. The molecule has 0 aromatic carbocycles. The van der Waals surface area contributed by atoms with Gasteiger partial charge in [0.15, 0.2) is 5.82 Å². The average molecular weight is 337 g/mol. The maximum Gasteiger partial charge on any atom is 0.243 e. The van der Waals surface area contributed by atoms with E-state index in [2.05, 4.69) is 26.9 Å². The van der Waals surface area contributed by atoms with Gasteiger partial charge in [-0.1, -0.05) is 5.16 Å². The lowest BCUT2D eigenvalue weighted by atomic mass is 10.2. The Labute approximate surface area is 142 Å². The van der Waals surface area contributed by atoms with Crippen molar-refractivity contribution < 1.29 is 14.1 Å². The number of nitrogens with zero attached hydrogens (tertiary/aromatic N) is 5. The molecule has 0 saturated carbocycles. The Balaban J connectivity index is 1.39. The molecule has 2 aliphatic heterocycles. The molecule has 0 bridgehead atoms. The largest absolute Gasteiger partial charge is 0.378 e. The van der Waals surface area contributed by atoms with Crippen LogP contribution in [0.25, 0.3) is 0 Å². The van der Waals surface area contributed by atoms with Crippen LogP contribution in [-0.2, 0) is 9.53 Å². The van der Waals surface area contributed by atoms with Gasteiger partial charge in [-0.15, -0.1) is 0 Å². The minimum absolute atomic E-state index is 0.142. The molecule has 134 valence electrons. The van der Waals surface area contributed by atoms with E-state index in [1.54, 1.807) is 0 Å². The Hall–Kier alpha value is -1.51. The summed E-state index contributed by atoms with van der Waals surface area (Å²) in [5.41, 5.74) is 0. The molecule has 1 aromatic rings. The first-order valence-electron chi connectivity index (χ1n) is 8.75. The molecule has 1 atom stereocenters. The number of rotatable bonds is 5. The molecule has 0 unspecified atom stereocenters. The Morgan fingerprint density at radius 1 is 1.17 bits per heavy atom. The summed E-state index contributed by atoms with van der Waals surface area (Å²) < 4.78 is 10.6. The van der Waals surface area contributed by atoms with E-state index in [1.165, 1.54) is 0 Å². The first kappa shape index (κ1) is 17.3. The lowest BCUT2D eigenvalue weighted by Crippen LogP contribution is -2.48. The molecule has 0 spiro atoms. The Kier molecular flexibility index (Phi) is 5.80. The van der Waals surface area contributed by atoms with E-state index in [-0.39, 0.29) is 11.9 Å². The van der Waals surface area contributed by atoms with Crippen LogP contribution in [0.3, 0.4) is 0 Å². The van der Waals surface area contributed by atoms with Crippen LogP contribution < -0.4 is 0 Å². The second kappa shape index (κ2) is 8.04. The molecule has 24 heavy (non-hydrogen) atoms. The van der Waals surface area contributed by atoms with E-state index in [0.29, 0.717) is 31.3 Å².